The van der Waals surface area contributed by atoms with Crippen molar-refractivity contribution in [3.8, 4) is 0 Å². The lowest BCUT2D eigenvalue weighted by Crippen LogP contribution is -3.00. The van der Waals surface area contributed by atoms with Crippen molar-refractivity contribution in [2.75, 3.05) is 53.9 Å². The molecule has 2 aliphatic heterocycles. The predicted octanol–water partition coefficient (Wildman–Crippen LogP) is 2.92. The topological polar surface area (TPSA) is 81.1 Å². The Morgan fingerprint density at radius 3 is 1.12 bits per heavy atom. The fraction of sp³-hybridized carbons (Fsp3) is 0.951. The van der Waals surface area contributed by atoms with Crippen molar-refractivity contribution < 1.29 is 62.9 Å². The second kappa shape index (κ2) is 22.6. The predicted molar refractivity (Wildman–Crippen MR) is 205 cm³/mol. The van der Waals surface area contributed by atoms with Gasteiger partial charge < -0.3 is 53.3 Å². The van der Waals surface area contributed by atoms with Crippen LogP contribution in [0.3, 0.4) is 0 Å². The van der Waals surface area contributed by atoms with E-state index in [9.17, 15) is 20.0 Å². The lowest BCUT2D eigenvalue weighted by atomic mass is 9.73. The summed E-state index contributed by atoms with van der Waals surface area (Å²) in [7, 11) is 6.63. The van der Waals surface area contributed by atoms with E-state index < -0.39 is 0 Å². The van der Waals surface area contributed by atoms with Crippen LogP contribution in [0.25, 0.3) is 0 Å². The fourth-order valence-electron chi connectivity index (χ4n) is 9.27. The van der Waals surface area contributed by atoms with Gasteiger partial charge in [0.2, 0.25) is 0 Å². The van der Waals surface area contributed by atoms with E-state index in [0.29, 0.717) is 36.2 Å². The zero-order chi connectivity index (χ0) is 37.9. The molecule has 0 aromatic heterocycles. The molecular formula is C41H84Br2N4O4. The third-order valence-corrected chi connectivity index (χ3v) is 11.9. The van der Waals surface area contributed by atoms with E-state index in [1.54, 1.807) is 0 Å². The monoisotopic (exact) mass is 854 g/mol. The number of carbonyl (C=O) groups is 2. The van der Waals surface area contributed by atoms with Crippen molar-refractivity contribution in [2.45, 2.75) is 188 Å². The first-order valence-electron chi connectivity index (χ1n) is 20.0. The molecule has 0 bridgehead atoms. The maximum absolute atomic E-state index is 12.5. The molecule has 0 amide bonds. The molecule has 0 unspecified atom stereocenters. The highest BCUT2D eigenvalue weighted by Crippen LogP contribution is 2.42. The number of hydrogen-bond acceptors (Lipinski definition) is 6. The first kappa shape index (κ1) is 53.2. The molecule has 2 saturated heterocycles. The number of nitrogens with zero attached hydrogens (tertiary/aromatic N) is 4. The van der Waals surface area contributed by atoms with Gasteiger partial charge in [0, 0.05) is 47.8 Å². The summed E-state index contributed by atoms with van der Waals surface area (Å²) < 4.78 is 2.20. The second-order valence-corrected chi connectivity index (χ2v) is 19.6. The van der Waals surface area contributed by atoms with Crippen LogP contribution in [-0.4, -0.2) is 117 Å². The van der Waals surface area contributed by atoms with E-state index in [1.165, 1.54) is 60.2 Å². The number of hydrogen-bond donors (Lipinski definition) is 2. The van der Waals surface area contributed by atoms with Gasteiger partial charge in [-0.3, -0.25) is 9.59 Å². The first-order valence-corrected chi connectivity index (χ1v) is 20.0. The minimum atomic E-state index is -0.256. The first-order chi connectivity index (χ1) is 22.3. The molecule has 0 atom stereocenters. The van der Waals surface area contributed by atoms with Crippen LogP contribution in [0.4, 0.5) is 0 Å². The third kappa shape index (κ3) is 18.5. The molecule has 0 aromatic carbocycles. The minimum Gasteiger partial charge on any atom is -1.00 e. The Kier molecular flexibility index (Phi) is 23.5. The number of ketones is 2. The highest BCUT2D eigenvalue weighted by Gasteiger charge is 2.46. The molecular weight excluding hydrogens is 772 g/mol. The maximum atomic E-state index is 12.5. The molecule has 2 rings (SSSR count). The van der Waals surface area contributed by atoms with Crippen LogP contribution >= 0.6 is 0 Å². The number of Topliss-reactive ketones (excluding diaryl/α,β-unsaturated/α-hetero) is 2. The van der Waals surface area contributed by atoms with Crippen molar-refractivity contribution in [1.29, 1.82) is 0 Å². The molecule has 2 fully saturated rings. The summed E-state index contributed by atoms with van der Waals surface area (Å²) in [6.45, 7) is 29.5. The van der Waals surface area contributed by atoms with Crippen LogP contribution in [0.2, 0.25) is 0 Å². The summed E-state index contributed by atoms with van der Waals surface area (Å²) in [6.07, 6.45) is 13.1. The number of quaternary nitrogens is 2. The molecule has 0 aliphatic carbocycles. The smallest absolute Gasteiger partial charge is 0.133 e. The zero-order valence-electron chi connectivity index (χ0n) is 35.8. The van der Waals surface area contributed by atoms with Crippen LogP contribution in [0.1, 0.15) is 166 Å². The summed E-state index contributed by atoms with van der Waals surface area (Å²) in [5.74, 6) is 1.59. The number of piperidine rings is 2. The lowest BCUT2D eigenvalue weighted by Gasteiger charge is -2.51. The Labute approximate surface area is 337 Å². The number of carbonyl (C=O) groups excluding carboxylic acids is 2. The summed E-state index contributed by atoms with van der Waals surface area (Å²) in [4.78, 5) is 24.8. The molecule has 2 aliphatic rings. The van der Waals surface area contributed by atoms with Gasteiger partial charge in [0.1, 0.15) is 11.6 Å². The Morgan fingerprint density at radius 1 is 0.549 bits per heavy atom. The van der Waals surface area contributed by atoms with E-state index >= 15 is 0 Å². The van der Waals surface area contributed by atoms with E-state index in [-0.39, 0.29) is 56.1 Å². The van der Waals surface area contributed by atoms with Gasteiger partial charge in [0.15, 0.2) is 0 Å². The van der Waals surface area contributed by atoms with E-state index in [0.717, 1.165) is 68.7 Å². The molecule has 0 saturated carbocycles. The maximum Gasteiger partial charge on any atom is 0.133 e. The molecule has 8 nitrogen and oxygen atoms in total. The van der Waals surface area contributed by atoms with E-state index in [4.69, 9.17) is 0 Å². The second-order valence-electron chi connectivity index (χ2n) is 19.6. The molecule has 0 radical (unpaired) electrons. The van der Waals surface area contributed by atoms with Gasteiger partial charge in [-0.05, 0) is 152 Å². The van der Waals surface area contributed by atoms with Gasteiger partial charge in [-0.2, -0.15) is 10.1 Å². The largest absolute Gasteiger partial charge is 1.00 e. The molecule has 0 spiro atoms. The van der Waals surface area contributed by atoms with Gasteiger partial charge in [0.05, 0.1) is 53.9 Å². The normalized spacial score (nSPS) is 20.8. The van der Waals surface area contributed by atoms with Gasteiger partial charge in [0.25, 0.3) is 0 Å². The average Bonchev–Trinajstić information content (AvgIpc) is 2.96. The summed E-state index contributed by atoms with van der Waals surface area (Å²) in [5, 5.41) is 23.7. The highest BCUT2D eigenvalue weighted by molar-refractivity contribution is 5.79. The van der Waals surface area contributed by atoms with Gasteiger partial charge >= 0.3 is 0 Å². The Morgan fingerprint density at radius 2 is 0.843 bits per heavy atom. The van der Waals surface area contributed by atoms with Crippen LogP contribution < -0.4 is 34.0 Å². The Balaban J connectivity index is 0. The lowest BCUT2D eigenvalue weighted by molar-refractivity contribution is -0.923. The molecule has 0 aromatic rings. The van der Waals surface area contributed by atoms with Gasteiger partial charge in [-0.25, -0.2) is 0 Å². The number of unbranched alkanes of at least 4 members (excludes halogenated alkanes) is 4. The molecule has 10 heteroatoms. The van der Waals surface area contributed by atoms with Crippen molar-refractivity contribution in [1.82, 2.24) is 10.1 Å². The molecule has 51 heavy (non-hydrogen) atoms. The van der Waals surface area contributed by atoms with E-state index in [1.807, 2.05) is 0 Å². The van der Waals surface area contributed by atoms with Crippen LogP contribution in [-0.2, 0) is 9.59 Å². The summed E-state index contributed by atoms with van der Waals surface area (Å²) in [6, 6.07) is 0. The molecule has 2 heterocycles. The quantitative estimate of drug-likeness (QED) is 0.154. The number of rotatable bonds is 19. The van der Waals surface area contributed by atoms with Gasteiger partial charge in [-0.1, -0.05) is 0 Å². The van der Waals surface area contributed by atoms with Crippen molar-refractivity contribution in [3.05, 3.63) is 0 Å². The summed E-state index contributed by atoms with van der Waals surface area (Å²) in [5.41, 5.74) is -1.02. The summed E-state index contributed by atoms with van der Waals surface area (Å²) >= 11 is 0. The third-order valence-electron chi connectivity index (χ3n) is 11.9. The van der Waals surface area contributed by atoms with Crippen molar-refractivity contribution in [2.24, 2.45) is 11.8 Å². The molecule has 306 valence electrons. The van der Waals surface area contributed by atoms with Crippen LogP contribution in [0.15, 0.2) is 0 Å². The van der Waals surface area contributed by atoms with Crippen LogP contribution in [0.5, 0.6) is 0 Å². The highest BCUT2D eigenvalue weighted by atomic mass is 79.9. The standard InChI is InChI=1S/C22H45N2O2.C19H39N2O2.2BrH/c1-8-24(9-2,10-3)15-13-11-12-14-20(25)16-19-17-21(4,5)23(26)22(6,7)18-19;1-18(2)14-16(15-19(3,4)20(18)23)13-17(22)11-9-8-10-12-21(5,6)7;;/h19,26H,8-18H2,1-7H3;16,23H,8-15H2,1-7H3;2*1H/q2*+1;;/p-2. The Bertz CT molecular complexity index is 964. The van der Waals surface area contributed by atoms with Crippen LogP contribution in [0, 0.1) is 11.8 Å². The molecule has 2 N–H and O–H groups in total. The van der Waals surface area contributed by atoms with E-state index in [2.05, 4.69) is 97.3 Å². The minimum absolute atomic E-state index is 0. The number of hydroxylamine groups is 4. The Hall–Kier alpha value is 0.0600. The number of halogens is 2. The van der Waals surface area contributed by atoms with Crippen molar-refractivity contribution >= 4 is 11.6 Å². The zero-order valence-corrected chi connectivity index (χ0v) is 39.0. The van der Waals surface area contributed by atoms with Crippen molar-refractivity contribution in [3.63, 3.8) is 0 Å². The average molecular weight is 857 g/mol. The van der Waals surface area contributed by atoms with Gasteiger partial charge in [-0.15, -0.1) is 0 Å². The SMILES string of the molecule is CC1(C)CC(CC(=O)CCCCC[N+](C)(C)C)CC(C)(C)N1O.CC[N+](CC)(CC)CCCCCC(=O)CC1CC(C)(C)N(O)C(C)(C)C1.[Br-].[Br-]. The fourth-order valence-corrected chi connectivity index (χ4v) is 9.27.